The van der Waals surface area contributed by atoms with Crippen molar-refractivity contribution in [2.24, 2.45) is 17.8 Å². The van der Waals surface area contributed by atoms with E-state index in [1.54, 1.807) is 6.92 Å². The number of nitrogens with one attached hydrogen (secondary N) is 1. The van der Waals surface area contributed by atoms with Crippen LogP contribution in [0, 0.1) is 17.8 Å². The minimum absolute atomic E-state index is 0. The highest BCUT2D eigenvalue weighted by molar-refractivity contribution is 5.73. The van der Waals surface area contributed by atoms with E-state index in [0.717, 1.165) is 24.2 Å². The van der Waals surface area contributed by atoms with Gasteiger partial charge in [-0.05, 0) is 85.9 Å². The average Bonchev–Trinajstić information content (AvgIpc) is 3.29. The van der Waals surface area contributed by atoms with Gasteiger partial charge in [-0.15, -0.1) is 0 Å². The van der Waals surface area contributed by atoms with Crippen LogP contribution in [0.1, 0.15) is 64.0 Å². The number of carbonyl (C=O) groups is 1. The second-order valence-corrected chi connectivity index (χ2v) is 9.50. The first kappa shape index (κ1) is 17.5. The molecule has 1 aromatic carbocycles. The molecule has 1 saturated heterocycles. The summed E-state index contributed by atoms with van der Waals surface area (Å²) in [5, 5.41) is 3.18. The van der Waals surface area contributed by atoms with E-state index in [4.69, 9.17) is 0 Å². The van der Waals surface area contributed by atoms with Crippen molar-refractivity contribution in [2.45, 2.75) is 56.9 Å². The predicted octanol–water partition coefficient (Wildman–Crippen LogP) is 4.45. The average molecular weight is 367 g/mol. The maximum absolute atomic E-state index is 11.6. The van der Waals surface area contributed by atoms with Crippen molar-refractivity contribution in [2.75, 3.05) is 19.6 Å². The first-order valence-corrected chi connectivity index (χ1v) is 10.9. The fraction of sp³-hybridized carbons (Fsp3) is 0.625. The molecule has 4 atom stereocenters. The summed E-state index contributed by atoms with van der Waals surface area (Å²) in [5.41, 5.74) is 3.21. The molecule has 1 amide bonds. The third kappa shape index (κ3) is 3.14. The van der Waals surface area contributed by atoms with Crippen LogP contribution >= 0.6 is 0 Å². The summed E-state index contributed by atoms with van der Waals surface area (Å²) in [6, 6.07) is 9.09. The van der Waals surface area contributed by atoms with Crippen molar-refractivity contribution in [1.82, 2.24) is 10.2 Å². The van der Waals surface area contributed by atoms with Gasteiger partial charge in [0, 0.05) is 14.9 Å². The van der Waals surface area contributed by atoms with E-state index in [0.29, 0.717) is 5.41 Å². The van der Waals surface area contributed by atoms with Gasteiger partial charge in [0.15, 0.2) is 0 Å². The van der Waals surface area contributed by atoms with Gasteiger partial charge in [0.05, 0.1) is 6.04 Å². The first-order valence-electron chi connectivity index (χ1n) is 10.9. The third-order valence-electron chi connectivity index (χ3n) is 7.92. The smallest absolute Gasteiger partial charge is 0.217 e. The summed E-state index contributed by atoms with van der Waals surface area (Å²) in [6.45, 7) is 5.40. The van der Waals surface area contributed by atoms with Gasteiger partial charge in [0.2, 0.25) is 5.91 Å². The summed E-state index contributed by atoms with van der Waals surface area (Å²) in [7, 11) is 0. The highest BCUT2D eigenvalue weighted by Gasteiger charge is 2.43. The largest absolute Gasteiger partial charge is 0.350 e. The number of amides is 1. The molecular formula is C24H34N2O. The van der Waals surface area contributed by atoms with Crippen molar-refractivity contribution >= 4 is 5.91 Å². The van der Waals surface area contributed by atoms with E-state index in [2.05, 4.69) is 46.6 Å². The Morgan fingerprint density at radius 2 is 2.00 bits per heavy atom. The van der Waals surface area contributed by atoms with Gasteiger partial charge >= 0.3 is 0 Å². The number of piperidine rings is 1. The molecule has 1 N–H and O–H groups in total. The van der Waals surface area contributed by atoms with Crippen molar-refractivity contribution in [1.29, 1.82) is 0 Å². The molecule has 1 saturated carbocycles. The third-order valence-corrected chi connectivity index (χ3v) is 7.92. The summed E-state index contributed by atoms with van der Waals surface area (Å²) in [6.07, 6.45) is 12.6. The highest BCUT2D eigenvalue weighted by Crippen LogP contribution is 2.49. The molecule has 3 nitrogen and oxygen atoms in total. The lowest BCUT2D eigenvalue weighted by molar-refractivity contribution is -0.119. The second kappa shape index (κ2) is 6.77. The Kier molecular flexibility index (Phi) is 4.39. The number of likely N-dealkylation sites (tertiary alicyclic amines) is 1. The fourth-order valence-corrected chi connectivity index (χ4v) is 6.51. The van der Waals surface area contributed by atoms with E-state index in [9.17, 15) is 4.79 Å². The number of carbonyl (C=O) groups excluding carboxylic acids is 1. The number of hydrogen-bond acceptors (Lipinski definition) is 2. The maximum atomic E-state index is 11.6. The summed E-state index contributed by atoms with van der Waals surface area (Å²) >= 11 is 0. The minimum Gasteiger partial charge on any atom is -0.350 e. The summed E-state index contributed by atoms with van der Waals surface area (Å²) in [4.78, 5) is 14.4. The van der Waals surface area contributed by atoms with Crippen LogP contribution in [-0.4, -0.2) is 30.4 Å². The first-order chi connectivity index (χ1) is 13.1. The topological polar surface area (TPSA) is 32.3 Å². The van der Waals surface area contributed by atoms with E-state index in [1.807, 2.05) is 0 Å². The van der Waals surface area contributed by atoms with Gasteiger partial charge in [-0.2, -0.15) is 0 Å². The number of nitrogens with zero attached hydrogens (tertiary/aromatic N) is 1. The Bertz CT molecular complexity index is 753. The molecule has 27 heavy (non-hydrogen) atoms. The molecule has 1 aliphatic heterocycles. The zero-order valence-electron chi connectivity index (χ0n) is 16.5. The molecule has 3 heteroatoms. The summed E-state index contributed by atoms with van der Waals surface area (Å²) < 4.78 is 0. The van der Waals surface area contributed by atoms with E-state index in [-0.39, 0.29) is 13.4 Å². The molecule has 146 valence electrons. The molecule has 2 bridgehead atoms. The van der Waals surface area contributed by atoms with E-state index in [1.165, 1.54) is 62.9 Å². The van der Waals surface area contributed by atoms with Crippen LogP contribution < -0.4 is 5.32 Å². The van der Waals surface area contributed by atoms with Gasteiger partial charge in [0.1, 0.15) is 0 Å². The Labute approximate surface area is 164 Å². The monoisotopic (exact) mass is 366 g/mol. The Morgan fingerprint density at radius 1 is 1.19 bits per heavy atom. The molecular weight excluding hydrogens is 332 g/mol. The van der Waals surface area contributed by atoms with Crippen LogP contribution in [0.3, 0.4) is 0 Å². The van der Waals surface area contributed by atoms with Crippen LogP contribution in [0.4, 0.5) is 0 Å². The number of benzene rings is 1. The van der Waals surface area contributed by atoms with Gasteiger partial charge in [-0.3, -0.25) is 4.79 Å². The summed E-state index contributed by atoms with van der Waals surface area (Å²) in [5.74, 6) is 2.73. The van der Waals surface area contributed by atoms with Crippen LogP contribution in [0.25, 0.3) is 0 Å². The van der Waals surface area contributed by atoms with Gasteiger partial charge in [-0.1, -0.05) is 36.4 Å². The lowest BCUT2D eigenvalue weighted by atomic mass is 9.63. The molecule has 0 aromatic heterocycles. The number of rotatable bonds is 3. The highest BCUT2D eigenvalue weighted by atomic mass is 16.1. The van der Waals surface area contributed by atoms with Crippen LogP contribution in [-0.2, 0) is 10.2 Å². The minimum atomic E-state index is 0. The maximum Gasteiger partial charge on any atom is 0.217 e. The van der Waals surface area contributed by atoms with E-state index < -0.39 is 0 Å². The number of hydrogen-bond donors (Lipinski definition) is 1. The molecule has 1 aromatic rings. The fourth-order valence-electron chi connectivity index (χ4n) is 6.51. The van der Waals surface area contributed by atoms with Crippen molar-refractivity contribution < 1.29 is 6.22 Å². The normalized spacial score (nSPS) is 34.0. The number of fused-ring (bicyclic) bond motifs is 4. The van der Waals surface area contributed by atoms with Gasteiger partial charge in [0.25, 0.3) is 0 Å². The number of allylic oxidation sites excluding steroid dienone is 2. The zero-order chi connectivity index (χ0) is 18.4. The Hall–Kier alpha value is -1.61. The SMILES string of the molecule is CC(=O)N[C@H]1CCC2(CCN(C[C@@H]3C[C@H]4C=C[C@H]3C4)CC2)c2ccccc21.[HH]. The molecule has 4 aliphatic rings. The second-order valence-electron chi connectivity index (χ2n) is 9.50. The van der Waals surface area contributed by atoms with Crippen molar-refractivity contribution in [3.8, 4) is 0 Å². The van der Waals surface area contributed by atoms with Gasteiger partial charge < -0.3 is 10.2 Å². The molecule has 1 spiro atoms. The molecule has 0 radical (unpaired) electrons. The standard InChI is InChI=1S/C24H32N2O.H2/c1-17(27)25-23-8-9-24(22-5-3-2-4-21(22)23)10-12-26(13-11-24)16-20-15-18-6-7-19(20)14-18;/h2-7,18-20,23H,8-16H2,1H3,(H,25,27);1H/t18-,19-,20-,23-;/m0./s1. The van der Waals surface area contributed by atoms with E-state index >= 15 is 0 Å². The van der Waals surface area contributed by atoms with Gasteiger partial charge in [-0.25, -0.2) is 0 Å². The molecule has 3 aliphatic carbocycles. The van der Waals surface area contributed by atoms with Crippen LogP contribution in [0.2, 0.25) is 0 Å². The quantitative estimate of drug-likeness (QED) is 0.802. The molecule has 2 fully saturated rings. The Morgan fingerprint density at radius 3 is 2.70 bits per heavy atom. The zero-order valence-corrected chi connectivity index (χ0v) is 16.5. The van der Waals surface area contributed by atoms with Crippen molar-refractivity contribution in [3.63, 3.8) is 0 Å². The molecule has 5 rings (SSSR count). The molecule has 1 heterocycles. The Balaban J connectivity index is 0.00000192. The van der Waals surface area contributed by atoms with Crippen LogP contribution in [0.5, 0.6) is 0 Å². The van der Waals surface area contributed by atoms with Crippen LogP contribution in [0.15, 0.2) is 36.4 Å². The molecule has 0 unspecified atom stereocenters. The van der Waals surface area contributed by atoms with Crippen molar-refractivity contribution in [3.05, 3.63) is 47.5 Å². The lowest BCUT2D eigenvalue weighted by Gasteiger charge is -2.48. The lowest BCUT2D eigenvalue weighted by Crippen LogP contribution is -2.47. The predicted molar refractivity (Wildman–Crippen MR) is 111 cm³/mol.